The molecule has 1 aliphatic rings. The van der Waals surface area contributed by atoms with Gasteiger partial charge in [-0.15, -0.1) is 0 Å². The lowest BCUT2D eigenvalue weighted by molar-refractivity contribution is 0.102. The lowest BCUT2D eigenvalue weighted by Gasteiger charge is -2.10. The van der Waals surface area contributed by atoms with Crippen molar-refractivity contribution in [3.63, 3.8) is 0 Å². The molecule has 2 heterocycles. The van der Waals surface area contributed by atoms with Crippen molar-refractivity contribution in [3.8, 4) is 0 Å². The molecule has 0 bridgehead atoms. The Morgan fingerprint density at radius 2 is 2.00 bits per heavy atom. The SMILES string of the molecule is Cc1cc(C2CC2)nc(NC(=O)c2cnc(N(C)C)cn2)n1. The number of rotatable bonds is 4. The molecular weight excluding hydrogens is 280 g/mol. The summed E-state index contributed by atoms with van der Waals surface area (Å²) in [6.45, 7) is 1.90. The average molecular weight is 298 g/mol. The Bertz CT molecular complexity index is 694. The second kappa shape index (κ2) is 5.67. The van der Waals surface area contributed by atoms with Crippen LogP contribution in [0.5, 0.6) is 0 Å². The molecule has 2 aromatic rings. The molecule has 0 spiro atoms. The maximum absolute atomic E-state index is 12.2. The number of nitrogens with one attached hydrogen (secondary N) is 1. The Morgan fingerprint density at radius 1 is 1.23 bits per heavy atom. The molecule has 0 aliphatic heterocycles. The van der Waals surface area contributed by atoms with Crippen molar-refractivity contribution >= 4 is 17.7 Å². The summed E-state index contributed by atoms with van der Waals surface area (Å²) in [4.78, 5) is 31.0. The van der Waals surface area contributed by atoms with Gasteiger partial charge in [0.2, 0.25) is 5.95 Å². The van der Waals surface area contributed by atoms with Gasteiger partial charge in [0.05, 0.1) is 12.4 Å². The van der Waals surface area contributed by atoms with Gasteiger partial charge in [0.25, 0.3) is 5.91 Å². The van der Waals surface area contributed by atoms with E-state index in [9.17, 15) is 4.79 Å². The topological polar surface area (TPSA) is 83.9 Å². The Balaban J connectivity index is 1.76. The van der Waals surface area contributed by atoms with Crippen molar-refractivity contribution < 1.29 is 4.79 Å². The number of amides is 1. The summed E-state index contributed by atoms with van der Waals surface area (Å²) in [5.74, 6) is 1.17. The van der Waals surface area contributed by atoms with Crippen molar-refractivity contribution in [1.29, 1.82) is 0 Å². The molecule has 7 nitrogen and oxygen atoms in total. The fourth-order valence-electron chi connectivity index (χ4n) is 2.07. The molecule has 1 fully saturated rings. The molecule has 0 atom stereocenters. The first-order valence-electron chi connectivity index (χ1n) is 7.19. The van der Waals surface area contributed by atoms with E-state index in [2.05, 4.69) is 25.3 Å². The second-order valence-electron chi connectivity index (χ2n) is 5.64. The largest absolute Gasteiger partial charge is 0.361 e. The van der Waals surface area contributed by atoms with Gasteiger partial charge in [-0.2, -0.15) is 0 Å². The third-order valence-electron chi connectivity index (χ3n) is 3.42. The van der Waals surface area contributed by atoms with E-state index in [1.165, 1.54) is 6.20 Å². The van der Waals surface area contributed by atoms with E-state index in [1.807, 2.05) is 32.0 Å². The van der Waals surface area contributed by atoms with E-state index >= 15 is 0 Å². The number of aryl methyl sites for hydroxylation is 1. The minimum atomic E-state index is -0.356. The average Bonchev–Trinajstić information content (AvgIpc) is 3.31. The van der Waals surface area contributed by atoms with Crippen LogP contribution >= 0.6 is 0 Å². The first-order valence-corrected chi connectivity index (χ1v) is 7.19. The van der Waals surface area contributed by atoms with Crippen LogP contribution in [0, 0.1) is 6.92 Å². The molecule has 114 valence electrons. The highest BCUT2D eigenvalue weighted by Crippen LogP contribution is 2.39. The lowest BCUT2D eigenvalue weighted by Crippen LogP contribution is -2.18. The number of hydrogen-bond acceptors (Lipinski definition) is 6. The quantitative estimate of drug-likeness (QED) is 0.926. The zero-order chi connectivity index (χ0) is 15.7. The van der Waals surface area contributed by atoms with Gasteiger partial charge in [-0.1, -0.05) is 0 Å². The normalized spacial score (nSPS) is 13.8. The Kier molecular flexibility index (Phi) is 3.70. The van der Waals surface area contributed by atoms with Crippen LogP contribution in [0.4, 0.5) is 11.8 Å². The molecule has 0 saturated heterocycles. The Labute approximate surface area is 128 Å². The van der Waals surface area contributed by atoms with Gasteiger partial charge in [0.15, 0.2) is 0 Å². The smallest absolute Gasteiger partial charge is 0.278 e. The molecule has 1 saturated carbocycles. The standard InChI is InChI=1S/C15H18N6O/c1-9-6-11(10-4-5-10)19-15(18-9)20-14(22)12-7-17-13(8-16-12)21(2)3/h6-8,10H,4-5H2,1-3H3,(H,18,19,20,22). The molecule has 7 heteroatoms. The summed E-state index contributed by atoms with van der Waals surface area (Å²) < 4.78 is 0. The third kappa shape index (κ3) is 3.19. The van der Waals surface area contributed by atoms with Crippen molar-refractivity contribution in [2.45, 2.75) is 25.7 Å². The van der Waals surface area contributed by atoms with Crippen LogP contribution in [0.2, 0.25) is 0 Å². The summed E-state index contributed by atoms with van der Waals surface area (Å²) in [6.07, 6.45) is 5.31. The van der Waals surface area contributed by atoms with Crippen molar-refractivity contribution in [2.75, 3.05) is 24.3 Å². The van der Waals surface area contributed by atoms with Crippen LogP contribution in [0.15, 0.2) is 18.5 Å². The summed E-state index contributed by atoms with van der Waals surface area (Å²) in [5.41, 5.74) is 2.08. The molecule has 1 N–H and O–H groups in total. The zero-order valence-corrected chi connectivity index (χ0v) is 12.9. The van der Waals surface area contributed by atoms with E-state index < -0.39 is 0 Å². The van der Waals surface area contributed by atoms with E-state index in [-0.39, 0.29) is 11.6 Å². The highest BCUT2D eigenvalue weighted by atomic mass is 16.2. The van der Waals surface area contributed by atoms with Crippen LogP contribution in [0.25, 0.3) is 0 Å². The fourth-order valence-corrected chi connectivity index (χ4v) is 2.07. The fraction of sp³-hybridized carbons (Fsp3) is 0.400. The van der Waals surface area contributed by atoms with Crippen molar-refractivity contribution in [2.24, 2.45) is 0 Å². The van der Waals surface area contributed by atoms with Gasteiger partial charge in [0.1, 0.15) is 11.5 Å². The minimum absolute atomic E-state index is 0.240. The predicted octanol–water partition coefficient (Wildman–Crippen LogP) is 1.77. The first-order chi connectivity index (χ1) is 10.5. The molecular formula is C15H18N6O. The van der Waals surface area contributed by atoms with Gasteiger partial charge >= 0.3 is 0 Å². The minimum Gasteiger partial charge on any atom is -0.361 e. The summed E-state index contributed by atoms with van der Waals surface area (Å²) in [5, 5.41) is 2.69. The van der Waals surface area contributed by atoms with Crippen molar-refractivity contribution in [1.82, 2.24) is 19.9 Å². The monoisotopic (exact) mass is 298 g/mol. The summed E-state index contributed by atoms with van der Waals surface area (Å²) in [6, 6.07) is 1.97. The van der Waals surface area contributed by atoms with E-state index in [0.717, 1.165) is 24.2 Å². The number of aromatic nitrogens is 4. The summed E-state index contributed by atoms with van der Waals surface area (Å²) >= 11 is 0. The third-order valence-corrected chi connectivity index (χ3v) is 3.42. The predicted molar refractivity (Wildman–Crippen MR) is 83.1 cm³/mol. The van der Waals surface area contributed by atoms with Gasteiger partial charge < -0.3 is 4.90 Å². The van der Waals surface area contributed by atoms with E-state index in [0.29, 0.717) is 17.7 Å². The lowest BCUT2D eigenvalue weighted by atomic mass is 10.2. The second-order valence-corrected chi connectivity index (χ2v) is 5.64. The first kappa shape index (κ1) is 14.4. The van der Waals surface area contributed by atoms with Crippen LogP contribution in [0.3, 0.4) is 0 Å². The molecule has 1 aliphatic carbocycles. The molecule has 0 radical (unpaired) electrons. The summed E-state index contributed by atoms with van der Waals surface area (Å²) in [7, 11) is 3.73. The van der Waals surface area contributed by atoms with Gasteiger partial charge in [-0.3, -0.25) is 10.1 Å². The Hall–Kier alpha value is -2.57. The molecule has 3 rings (SSSR count). The molecule has 22 heavy (non-hydrogen) atoms. The number of anilines is 2. The number of carbonyl (C=O) groups is 1. The van der Waals surface area contributed by atoms with Crippen LogP contribution < -0.4 is 10.2 Å². The maximum atomic E-state index is 12.2. The maximum Gasteiger partial charge on any atom is 0.278 e. The van der Waals surface area contributed by atoms with Crippen LogP contribution in [0.1, 0.15) is 40.6 Å². The van der Waals surface area contributed by atoms with Gasteiger partial charge in [0, 0.05) is 31.4 Å². The van der Waals surface area contributed by atoms with Crippen molar-refractivity contribution in [3.05, 3.63) is 35.5 Å². The van der Waals surface area contributed by atoms with E-state index in [4.69, 9.17) is 0 Å². The van der Waals surface area contributed by atoms with Crippen LogP contribution in [-0.2, 0) is 0 Å². The van der Waals surface area contributed by atoms with Gasteiger partial charge in [-0.05, 0) is 25.8 Å². The zero-order valence-electron chi connectivity index (χ0n) is 12.9. The molecule has 0 aromatic carbocycles. The highest BCUT2D eigenvalue weighted by Gasteiger charge is 2.26. The van der Waals surface area contributed by atoms with Gasteiger partial charge in [-0.25, -0.2) is 19.9 Å². The van der Waals surface area contributed by atoms with Crippen LogP contribution in [-0.4, -0.2) is 39.9 Å². The number of nitrogens with zero attached hydrogens (tertiary/aromatic N) is 5. The Morgan fingerprint density at radius 3 is 2.59 bits per heavy atom. The molecule has 1 amide bonds. The number of hydrogen-bond donors (Lipinski definition) is 1. The molecule has 0 unspecified atom stereocenters. The number of carbonyl (C=O) groups excluding carboxylic acids is 1. The highest BCUT2D eigenvalue weighted by molar-refractivity contribution is 6.01. The molecule has 2 aromatic heterocycles. The van der Waals surface area contributed by atoms with E-state index in [1.54, 1.807) is 6.20 Å².